The van der Waals surface area contributed by atoms with Crippen LogP contribution in [0.15, 0.2) is 78.9 Å². The molecule has 25 heavy (non-hydrogen) atoms. The fourth-order valence-corrected chi connectivity index (χ4v) is 2.89. The summed E-state index contributed by atoms with van der Waals surface area (Å²) in [5, 5.41) is 0. The summed E-state index contributed by atoms with van der Waals surface area (Å²) >= 11 is 0. The Hall–Kier alpha value is -2.67. The first-order valence-corrected chi connectivity index (χ1v) is 8.71. The summed E-state index contributed by atoms with van der Waals surface area (Å²) in [5.74, 6) is 0.156. The Bertz CT molecular complexity index is 835. The van der Waals surface area contributed by atoms with E-state index in [9.17, 15) is 4.79 Å². The zero-order chi connectivity index (χ0) is 17.9. The molecule has 0 aromatic heterocycles. The zero-order valence-corrected chi connectivity index (χ0v) is 15.1. The van der Waals surface area contributed by atoms with Gasteiger partial charge in [-0.1, -0.05) is 99.6 Å². The van der Waals surface area contributed by atoms with Crippen LogP contribution in [0.1, 0.15) is 42.3 Å². The van der Waals surface area contributed by atoms with E-state index in [1.54, 1.807) is 0 Å². The molecule has 3 aromatic carbocycles. The van der Waals surface area contributed by atoms with Crippen molar-refractivity contribution >= 4 is 5.78 Å². The molecule has 0 saturated heterocycles. The molecule has 0 aliphatic heterocycles. The summed E-state index contributed by atoms with van der Waals surface area (Å²) in [6, 6.07) is 26.5. The standard InChI is InChI=1S/C24H24O/c1-24(2,3)22-15-9-18(10-16-22)17-23(25)21-13-11-20(12-14-21)19-7-5-4-6-8-19/h4-16H,17H2,1-3H3. The number of Topliss-reactive ketones (excluding diaryl/α,β-unsaturated/α-hetero) is 1. The molecule has 0 heterocycles. The number of benzene rings is 3. The monoisotopic (exact) mass is 328 g/mol. The third-order valence-corrected chi connectivity index (χ3v) is 4.50. The highest BCUT2D eigenvalue weighted by Gasteiger charge is 2.14. The van der Waals surface area contributed by atoms with Crippen LogP contribution in [0.2, 0.25) is 0 Å². The third-order valence-electron chi connectivity index (χ3n) is 4.50. The maximum atomic E-state index is 12.5. The van der Waals surface area contributed by atoms with Gasteiger partial charge in [0, 0.05) is 12.0 Å². The van der Waals surface area contributed by atoms with Gasteiger partial charge in [0.1, 0.15) is 0 Å². The molecule has 126 valence electrons. The Balaban J connectivity index is 1.71. The van der Waals surface area contributed by atoms with E-state index in [2.05, 4.69) is 57.2 Å². The van der Waals surface area contributed by atoms with Crippen molar-refractivity contribution in [1.29, 1.82) is 0 Å². The van der Waals surface area contributed by atoms with Crippen molar-refractivity contribution in [2.24, 2.45) is 0 Å². The highest BCUT2D eigenvalue weighted by Crippen LogP contribution is 2.23. The number of hydrogen-bond acceptors (Lipinski definition) is 1. The van der Waals surface area contributed by atoms with Gasteiger partial charge >= 0.3 is 0 Å². The lowest BCUT2D eigenvalue weighted by Crippen LogP contribution is -2.11. The van der Waals surface area contributed by atoms with E-state index >= 15 is 0 Å². The van der Waals surface area contributed by atoms with Gasteiger partial charge in [-0.3, -0.25) is 4.79 Å². The lowest BCUT2D eigenvalue weighted by Gasteiger charge is -2.19. The predicted molar refractivity (Wildman–Crippen MR) is 105 cm³/mol. The van der Waals surface area contributed by atoms with Crippen LogP contribution >= 0.6 is 0 Å². The third kappa shape index (κ3) is 4.24. The number of rotatable bonds is 4. The Morgan fingerprint density at radius 1 is 0.720 bits per heavy atom. The molecule has 3 aromatic rings. The van der Waals surface area contributed by atoms with Gasteiger partial charge in [0.2, 0.25) is 0 Å². The average Bonchev–Trinajstić information content (AvgIpc) is 2.62. The Morgan fingerprint density at radius 2 is 1.28 bits per heavy atom. The molecule has 0 bridgehead atoms. The number of hydrogen-bond donors (Lipinski definition) is 0. The van der Waals surface area contributed by atoms with Gasteiger partial charge in [0.15, 0.2) is 5.78 Å². The minimum atomic E-state index is 0.135. The fraction of sp³-hybridized carbons (Fsp3) is 0.208. The van der Waals surface area contributed by atoms with Gasteiger partial charge in [0.25, 0.3) is 0 Å². The maximum absolute atomic E-state index is 12.5. The van der Waals surface area contributed by atoms with Crippen LogP contribution in [0, 0.1) is 0 Å². The molecule has 0 spiro atoms. The number of carbonyl (C=O) groups excluding carboxylic acids is 1. The number of ketones is 1. The van der Waals surface area contributed by atoms with Crippen molar-refractivity contribution in [2.75, 3.05) is 0 Å². The second-order valence-corrected chi connectivity index (χ2v) is 7.49. The lowest BCUT2D eigenvalue weighted by molar-refractivity contribution is 0.0993. The van der Waals surface area contributed by atoms with Crippen molar-refractivity contribution in [3.8, 4) is 11.1 Å². The van der Waals surface area contributed by atoms with Gasteiger partial charge in [-0.25, -0.2) is 0 Å². The first kappa shape index (κ1) is 17.2. The van der Waals surface area contributed by atoms with Crippen LogP contribution < -0.4 is 0 Å². The van der Waals surface area contributed by atoms with E-state index in [0.29, 0.717) is 6.42 Å². The first-order chi connectivity index (χ1) is 11.9. The fourth-order valence-electron chi connectivity index (χ4n) is 2.89. The summed E-state index contributed by atoms with van der Waals surface area (Å²) in [5.41, 5.74) is 5.54. The molecular weight excluding hydrogens is 304 g/mol. The van der Waals surface area contributed by atoms with E-state index in [0.717, 1.165) is 16.7 Å². The van der Waals surface area contributed by atoms with Crippen LogP contribution in [0.25, 0.3) is 11.1 Å². The quantitative estimate of drug-likeness (QED) is 0.531. The van der Waals surface area contributed by atoms with Crippen molar-refractivity contribution in [3.63, 3.8) is 0 Å². The molecular formula is C24H24O. The highest BCUT2D eigenvalue weighted by atomic mass is 16.1. The van der Waals surface area contributed by atoms with E-state index in [-0.39, 0.29) is 11.2 Å². The van der Waals surface area contributed by atoms with Crippen LogP contribution in [0.3, 0.4) is 0 Å². The van der Waals surface area contributed by atoms with Crippen molar-refractivity contribution in [1.82, 2.24) is 0 Å². The van der Waals surface area contributed by atoms with Crippen molar-refractivity contribution in [2.45, 2.75) is 32.6 Å². The Labute approximate surface area is 150 Å². The average molecular weight is 328 g/mol. The van der Waals surface area contributed by atoms with E-state index < -0.39 is 0 Å². The molecule has 0 aliphatic carbocycles. The molecule has 3 rings (SSSR count). The van der Waals surface area contributed by atoms with Gasteiger partial charge in [-0.2, -0.15) is 0 Å². The van der Waals surface area contributed by atoms with E-state index in [4.69, 9.17) is 0 Å². The predicted octanol–water partition coefficient (Wildman–Crippen LogP) is 6.08. The van der Waals surface area contributed by atoms with Gasteiger partial charge in [-0.05, 0) is 27.7 Å². The van der Waals surface area contributed by atoms with Crippen LogP contribution in [0.5, 0.6) is 0 Å². The smallest absolute Gasteiger partial charge is 0.167 e. The minimum absolute atomic E-state index is 0.135. The highest BCUT2D eigenvalue weighted by molar-refractivity contribution is 5.97. The Morgan fingerprint density at radius 3 is 1.84 bits per heavy atom. The second-order valence-electron chi connectivity index (χ2n) is 7.49. The normalized spacial score (nSPS) is 11.3. The maximum Gasteiger partial charge on any atom is 0.167 e. The van der Waals surface area contributed by atoms with Crippen LogP contribution in [-0.4, -0.2) is 5.78 Å². The lowest BCUT2D eigenvalue weighted by atomic mass is 9.86. The van der Waals surface area contributed by atoms with Crippen LogP contribution in [0.4, 0.5) is 0 Å². The van der Waals surface area contributed by atoms with Gasteiger partial charge in [0.05, 0.1) is 0 Å². The van der Waals surface area contributed by atoms with Crippen molar-refractivity contribution < 1.29 is 4.79 Å². The summed E-state index contributed by atoms with van der Waals surface area (Å²) in [7, 11) is 0. The molecule has 0 amide bonds. The molecule has 0 fully saturated rings. The van der Waals surface area contributed by atoms with Gasteiger partial charge < -0.3 is 0 Å². The van der Waals surface area contributed by atoms with E-state index in [1.807, 2.05) is 42.5 Å². The summed E-state index contributed by atoms with van der Waals surface area (Å²) in [6.45, 7) is 6.59. The molecule has 0 atom stereocenters. The minimum Gasteiger partial charge on any atom is -0.294 e. The first-order valence-electron chi connectivity index (χ1n) is 8.71. The summed E-state index contributed by atoms with van der Waals surface area (Å²) in [6.07, 6.45) is 0.440. The molecule has 0 aliphatic rings. The number of carbonyl (C=O) groups is 1. The zero-order valence-electron chi connectivity index (χ0n) is 15.1. The van der Waals surface area contributed by atoms with Crippen LogP contribution in [-0.2, 0) is 11.8 Å². The van der Waals surface area contributed by atoms with Crippen molar-refractivity contribution in [3.05, 3.63) is 95.6 Å². The second kappa shape index (κ2) is 7.06. The topological polar surface area (TPSA) is 17.1 Å². The Kier molecular flexibility index (Phi) is 4.85. The van der Waals surface area contributed by atoms with E-state index in [1.165, 1.54) is 11.1 Å². The molecule has 0 radical (unpaired) electrons. The van der Waals surface area contributed by atoms with Gasteiger partial charge in [-0.15, -0.1) is 0 Å². The molecule has 0 unspecified atom stereocenters. The summed E-state index contributed by atoms with van der Waals surface area (Å²) < 4.78 is 0. The SMILES string of the molecule is CC(C)(C)c1ccc(CC(=O)c2ccc(-c3ccccc3)cc2)cc1. The molecule has 0 saturated carbocycles. The molecule has 0 N–H and O–H groups in total. The summed E-state index contributed by atoms with van der Waals surface area (Å²) in [4.78, 5) is 12.5. The molecule has 1 nitrogen and oxygen atoms in total. The molecule has 1 heteroatoms. The largest absolute Gasteiger partial charge is 0.294 e.